The van der Waals surface area contributed by atoms with E-state index < -0.39 is 0 Å². The minimum atomic E-state index is 0.0914. The van der Waals surface area contributed by atoms with Gasteiger partial charge < -0.3 is 19.7 Å². The molecule has 144 valence electrons. The van der Waals surface area contributed by atoms with Crippen LogP contribution in [-0.4, -0.2) is 75.0 Å². The number of fused-ring (bicyclic) bond motifs is 1. The molecule has 1 N–H and O–H groups in total. The van der Waals surface area contributed by atoms with Gasteiger partial charge in [0.05, 0.1) is 11.9 Å². The molecule has 0 atom stereocenters. The number of aromatic nitrogens is 5. The number of pyridine rings is 1. The Morgan fingerprint density at radius 3 is 2.43 bits per heavy atom. The Kier molecular flexibility index (Phi) is 4.27. The van der Waals surface area contributed by atoms with E-state index >= 15 is 0 Å². The number of aromatic amines is 1. The maximum absolute atomic E-state index is 12.5. The highest BCUT2D eigenvalue weighted by atomic mass is 16.2. The zero-order chi connectivity index (χ0) is 18.9. The summed E-state index contributed by atoms with van der Waals surface area (Å²) in [6, 6.07) is 3.85. The molecule has 2 aliphatic heterocycles. The van der Waals surface area contributed by atoms with Crippen LogP contribution in [0.4, 0.5) is 11.6 Å². The van der Waals surface area contributed by atoms with Crippen LogP contribution in [0.5, 0.6) is 0 Å². The number of rotatable bonds is 3. The standard InChI is InChI=1S/C19H22N8O/c28-19(27-5-1-2-6-27)14-3-4-15(20-11-14)25-7-9-26(10-8-25)18-16-17(22-12-21-16)23-13-24-18/h3-4,11-13H,1-2,5-10H2,(H,21,22,23,24). The van der Waals surface area contributed by atoms with Crippen molar-refractivity contribution in [2.75, 3.05) is 49.1 Å². The van der Waals surface area contributed by atoms with Crippen LogP contribution >= 0.6 is 0 Å². The van der Waals surface area contributed by atoms with Gasteiger partial charge in [-0.3, -0.25) is 4.79 Å². The third-order valence-electron chi connectivity index (χ3n) is 5.49. The predicted molar refractivity (Wildman–Crippen MR) is 105 cm³/mol. The number of imidazole rings is 1. The maximum atomic E-state index is 12.5. The van der Waals surface area contributed by atoms with Crippen molar-refractivity contribution in [3.63, 3.8) is 0 Å². The third-order valence-corrected chi connectivity index (χ3v) is 5.49. The van der Waals surface area contributed by atoms with Gasteiger partial charge in [0.2, 0.25) is 0 Å². The van der Waals surface area contributed by atoms with Gasteiger partial charge in [0, 0.05) is 45.5 Å². The molecule has 3 aromatic rings. The summed E-state index contributed by atoms with van der Waals surface area (Å²) in [5.41, 5.74) is 2.23. The highest BCUT2D eigenvalue weighted by molar-refractivity contribution is 5.94. The fraction of sp³-hybridized carbons (Fsp3) is 0.421. The molecule has 5 rings (SSSR count). The summed E-state index contributed by atoms with van der Waals surface area (Å²) in [7, 11) is 0. The summed E-state index contributed by atoms with van der Waals surface area (Å²) < 4.78 is 0. The fourth-order valence-electron chi connectivity index (χ4n) is 3.94. The second-order valence-electron chi connectivity index (χ2n) is 7.18. The van der Waals surface area contributed by atoms with Crippen molar-refractivity contribution in [2.24, 2.45) is 0 Å². The number of amides is 1. The zero-order valence-corrected chi connectivity index (χ0v) is 15.6. The third kappa shape index (κ3) is 3.02. The van der Waals surface area contributed by atoms with Gasteiger partial charge >= 0.3 is 0 Å². The molecular weight excluding hydrogens is 356 g/mol. The van der Waals surface area contributed by atoms with Crippen molar-refractivity contribution < 1.29 is 4.79 Å². The Morgan fingerprint density at radius 2 is 1.68 bits per heavy atom. The van der Waals surface area contributed by atoms with Crippen molar-refractivity contribution in [3.8, 4) is 0 Å². The van der Waals surface area contributed by atoms with Gasteiger partial charge in [-0.2, -0.15) is 0 Å². The summed E-state index contributed by atoms with van der Waals surface area (Å²) in [6.07, 6.45) is 7.11. The first-order chi connectivity index (χ1) is 13.8. The highest BCUT2D eigenvalue weighted by Crippen LogP contribution is 2.23. The number of carbonyl (C=O) groups is 1. The van der Waals surface area contributed by atoms with E-state index in [4.69, 9.17) is 0 Å². The lowest BCUT2D eigenvalue weighted by molar-refractivity contribution is 0.0792. The summed E-state index contributed by atoms with van der Waals surface area (Å²) in [5, 5.41) is 0. The van der Waals surface area contributed by atoms with Crippen molar-refractivity contribution in [1.82, 2.24) is 29.8 Å². The SMILES string of the molecule is O=C(c1ccc(N2CCN(c3ncnc4nc[nH]c34)CC2)nc1)N1CCCC1. The van der Waals surface area contributed by atoms with E-state index in [0.29, 0.717) is 11.2 Å². The van der Waals surface area contributed by atoms with Crippen LogP contribution in [0.3, 0.4) is 0 Å². The number of hydrogen-bond donors (Lipinski definition) is 1. The molecular formula is C19H22N8O. The Hall–Kier alpha value is -3.23. The number of nitrogens with zero attached hydrogens (tertiary/aromatic N) is 7. The van der Waals surface area contributed by atoms with E-state index in [2.05, 4.69) is 34.7 Å². The summed E-state index contributed by atoms with van der Waals surface area (Å²) >= 11 is 0. The molecule has 9 nitrogen and oxygen atoms in total. The maximum Gasteiger partial charge on any atom is 0.255 e. The van der Waals surface area contributed by atoms with E-state index in [9.17, 15) is 4.79 Å². The molecule has 0 unspecified atom stereocenters. The molecule has 0 saturated carbocycles. The molecule has 3 aromatic heterocycles. The average molecular weight is 378 g/mol. The topological polar surface area (TPSA) is 94.1 Å². The Bertz CT molecular complexity index is 971. The average Bonchev–Trinajstić information content (AvgIpc) is 3.45. The van der Waals surface area contributed by atoms with Crippen LogP contribution in [0.2, 0.25) is 0 Å². The Balaban J connectivity index is 1.25. The lowest BCUT2D eigenvalue weighted by atomic mass is 10.2. The van der Waals surface area contributed by atoms with Gasteiger partial charge in [0.25, 0.3) is 5.91 Å². The first-order valence-corrected chi connectivity index (χ1v) is 9.69. The molecule has 9 heteroatoms. The van der Waals surface area contributed by atoms with Crippen LogP contribution in [0, 0.1) is 0 Å². The number of hydrogen-bond acceptors (Lipinski definition) is 7. The molecule has 1 amide bonds. The first-order valence-electron chi connectivity index (χ1n) is 9.69. The molecule has 0 radical (unpaired) electrons. The fourth-order valence-corrected chi connectivity index (χ4v) is 3.94. The summed E-state index contributed by atoms with van der Waals surface area (Å²) in [6.45, 7) is 5.06. The van der Waals surface area contributed by atoms with Crippen LogP contribution in [0.25, 0.3) is 11.2 Å². The molecule has 28 heavy (non-hydrogen) atoms. The van der Waals surface area contributed by atoms with E-state index in [1.54, 1.807) is 18.9 Å². The number of likely N-dealkylation sites (tertiary alicyclic amines) is 1. The molecule has 5 heterocycles. The second-order valence-corrected chi connectivity index (χ2v) is 7.18. The second kappa shape index (κ2) is 7.06. The lowest BCUT2D eigenvalue weighted by Gasteiger charge is -2.36. The minimum absolute atomic E-state index is 0.0914. The highest BCUT2D eigenvalue weighted by Gasteiger charge is 2.23. The molecule has 2 aliphatic rings. The van der Waals surface area contributed by atoms with Gasteiger partial charge in [0.15, 0.2) is 11.5 Å². The molecule has 2 saturated heterocycles. The lowest BCUT2D eigenvalue weighted by Crippen LogP contribution is -2.47. The van der Waals surface area contributed by atoms with Crippen molar-refractivity contribution in [2.45, 2.75) is 12.8 Å². The number of H-pyrrole nitrogens is 1. The zero-order valence-electron chi connectivity index (χ0n) is 15.6. The summed E-state index contributed by atoms with van der Waals surface area (Å²) in [4.78, 5) is 39.4. The smallest absolute Gasteiger partial charge is 0.255 e. The normalized spacial score (nSPS) is 17.5. The molecule has 0 aromatic carbocycles. The van der Waals surface area contributed by atoms with Crippen molar-refractivity contribution >= 4 is 28.7 Å². The number of piperazine rings is 1. The number of carbonyl (C=O) groups excluding carboxylic acids is 1. The van der Waals surface area contributed by atoms with Crippen LogP contribution in [0.15, 0.2) is 31.0 Å². The van der Waals surface area contributed by atoms with Crippen LogP contribution < -0.4 is 9.80 Å². The summed E-state index contributed by atoms with van der Waals surface area (Å²) in [5.74, 6) is 1.89. The molecule has 0 aliphatic carbocycles. The molecule has 2 fully saturated rings. The van der Waals surface area contributed by atoms with Crippen LogP contribution in [-0.2, 0) is 0 Å². The van der Waals surface area contributed by atoms with E-state index in [1.165, 1.54) is 0 Å². The first kappa shape index (κ1) is 16.9. The molecule has 0 spiro atoms. The number of nitrogens with one attached hydrogen (secondary N) is 1. The quantitative estimate of drug-likeness (QED) is 0.734. The Morgan fingerprint density at radius 1 is 0.893 bits per heavy atom. The van der Waals surface area contributed by atoms with E-state index in [-0.39, 0.29) is 5.91 Å². The van der Waals surface area contributed by atoms with E-state index in [1.807, 2.05) is 17.0 Å². The van der Waals surface area contributed by atoms with E-state index in [0.717, 1.165) is 69.3 Å². The van der Waals surface area contributed by atoms with Crippen molar-refractivity contribution in [3.05, 3.63) is 36.5 Å². The van der Waals surface area contributed by atoms with Crippen molar-refractivity contribution in [1.29, 1.82) is 0 Å². The molecule has 0 bridgehead atoms. The predicted octanol–water partition coefficient (Wildman–Crippen LogP) is 1.31. The van der Waals surface area contributed by atoms with Gasteiger partial charge in [-0.05, 0) is 25.0 Å². The minimum Gasteiger partial charge on any atom is -0.353 e. The van der Waals surface area contributed by atoms with Crippen LogP contribution in [0.1, 0.15) is 23.2 Å². The van der Waals surface area contributed by atoms with Gasteiger partial charge in [-0.1, -0.05) is 0 Å². The number of anilines is 2. The van der Waals surface area contributed by atoms with Gasteiger partial charge in [-0.25, -0.2) is 19.9 Å². The Labute approximate surface area is 162 Å². The largest absolute Gasteiger partial charge is 0.353 e. The monoisotopic (exact) mass is 378 g/mol. The van der Waals surface area contributed by atoms with Gasteiger partial charge in [-0.15, -0.1) is 0 Å². The van der Waals surface area contributed by atoms with Gasteiger partial charge in [0.1, 0.15) is 17.7 Å².